The Morgan fingerprint density at radius 1 is 1.35 bits per heavy atom. The van der Waals surface area contributed by atoms with Crippen LogP contribution < -0.4 is 5.32 Å². The molecule has 3 nitrogen and oxygen atoms in total. The number of nitrogens with one attached hydrogen (secondary N) is 1. The van der Waals surface area contributed by atoms with Gasteiger partial charge in [-0.2, -0.15) is 0 Å². The molecule has 2 aliphatic rings. The van der Waals surface area contributed by atoms with E-state index in [0.717, 1.165) is 25.5 Å². The summed E-state index contributed by atoms with van der Waals surface area (Å²) in [5.41, 5.74) is -0.0571. The molecule has 0 amide bonds. The summed E-state index contributed by atoms with van der Waals surface area (Å²) in [6.07, 6.45) is 6.26. The van der Waals surface area contributed by atoms with Crippen LogP contribution in [0.5, 0.6) is 0 Å². The van der Waals surface area contributed by atoms with Crippen molar-refractivity contribution in [2.75, 3.05) is 19.8 Å². The highest BCUT2D eigenvalue weighted by atomic mass is 16.5. The number of rotatable bonds is 4. The van der Waals surface area contributed by atoms with Gasteiger partial charge in [0.2, 0.25) is 0 Å². The Labute approximate surface area is 105 Å². The van der Waals surface area contributed by atoms with Gasteiger partial charge in [0.15, 0.2) is 0 Å². The molecule has 2 rings (SSSR count). The lowest BCUT2D eigenvalue weighted by Gasteiger charge is -2.45. The average Bonchev–Trinajstić information content (AvgIpc) is 2.82. The Bertz CT molecular complexity index is 240. The van der Waals surface area contributed by atoms with Crippen LogP contribution in [-0.4, -0.2) is 36.5 Å². The van der Waals surface area contributed by atoms with Crippen molar-refractivity contribution < 1.29 is 9.84 Å². The topological polar surface area (TPSA) is 41.5 Å². The molecule has 0 radical (unpaired) electrons. The third-order valence-electron chi connectivity index (χ3n) is 4.77. The minimum Gasteiger partial charge on any atom is -0.394 e. The van der Waals surface area contributed by atoms with Crippen LogP contribution in [0.25, 0.3) is 0 Å². The Hall–Kier alpha value is -0.120. The molecule has 0 bridgehead atoms. The molecule has 100 valence electrons. The smallest absolute Gasteiger partial charge is 0.0700 e. The monoisotopic (exact) mass is 241 g/mol. The van der Waals surface area contributed by atoms with E-state index >= 15 is 0 Å². The molecule has 0 aromatic heterocycles. The van der Waals surface area contributed by atoms with Gasteiger partial charge in [0, 0.05) is 18.7 Å². The van der Waals surface area contributed by atoms with Crippen molar-refractivity contribution in [3.05, 3.63) is 0 Å². The maximum absolute atomic E-state index is 9.77. The van der Waals surface area contributed by atoms with Gasteiger partial charge in [-0.1, -0.05) is 13.8 Å². The fourth-order valence-electron chi connectivity index (χ4n) is 3.37. The number of aliphatic hydroxyl groups is 1. The zero-order chi connectivity index (χ0) is 12.3. The minimum absolute atomic E-state index is 0.0571. The Morgan fingerprint density at radius 3 is 2.76 bits per heavy atom. The molecule has 17 heavy (non-hydrogen) atoms. The predicted molar refractivity (Wildman–Crippen MR) is 69.0 cm³/mol. The van der Waals surface area contributed by atoms with E-state index in [1.165, 1.54) is 25.7 Å². The lowest BCUT2D eigenvalue weighted by Crippen LogP contribution is -2.57. The lowest BCUT2D eigenvalue weighted by atomic mass is 9.70. The van der Waals surface area contributed by atoms with Crippen LogP contribution in [-0.2, 0) is 4.74 Å². The van der Waals surface area contributed by atoms with Gasteiger partial charge < -0.3 is 15.2 Å². The SMILES string of the molecule is CC1CCC(CO)(NCC2CCCO2)C(C)C1. The second-order valence-electron chi connectivity index (χ2n) is 6.11. The van der Waals surface area contributed by atoms with Crippen molar-refractivity contribution >= 4 is 0 Å². The van der Waals surface area contributed by atoms with E-state index < -0.39 is 0 Å². The third-order valence-corrected chi connectivity index (χ3v) is 4.77. The van der Waals surface area contributed by atoms with Gasteiger partial charge in [-0.3, -0.25) is 0 Å². The maximum Gasteiger partial charge on any atom is 0.0700 e. The molecule has 2 fully saturated rings. The second kappa shape index (κ2) is 5.68. The normalized spacial score (nSPS) is 42.9. The highest BCUT2D eigenvalue weighted by Gasteiger charge is 2.39. The highest BCUT2D eigenvalue weighted by Crippen LogP contribution is 2.36. The van der Waals surface area contributed by atoms with Crippen molar-refractivity contribution in [1.82, 2.24) is 5.32 Å². The van der Waals surface area contributed by atoms with Gasteiger partial charge in [0.25, 0.3) is 0 Å². The average molecular weight is 241 g/mol. The Balaban J connectivity index is 1.89. The van der Waals surface area contributed by atoms with Crippen LogP contribution in [0.4, 0.5) is 0 Å². The summed E-state index contributed by atoms with van der Waals surface area (Å²) in [6.45, 7) is 6.66. The summed E-state index contributed by atoms with van der Waals surface area (Å²) in [4.78, 5) is 0. The van der Waals surface area contributed by atoms with Crippen molar-refractivity contribution in [2.45, 2.75) is 57.6 Å². The third kappa shape index (κ3) is 3.01. The molecule has 3 heteroatoms. The molecular formula is C14H27NO2. The summed E-state index contributed by atoms with van der Waals surface area (Å²) < 4.78 is 5.65. The van der Waals surface area contributed by atoms with Gasteiger partial charge >= 0.3 is 0 Å². The predicted octanol–water partition coefficient (Wildman–Crippen LogP) is 1.94. The zero-order valence-corrected chi connectivity index (χ0v) is 11.2. The van der Waals surface area contributed by atoms with Crippen molar-refractivity contribution in [3.63, 3.8) is 0 Å². The summed E-state index contributed by atoms with van der Waals surface area (Å²) in [7, 11) is 0. The summed E-state index contributed by atoms with van der Waals surface area (Å²) in [5, 5.41) is 13.4. The van der Waals surface area contributed by atoms with Crippen molar-refractivity contribution in [1.29, 1.82) is 0 Å². The van der Waals surface area contributed by atoms with E-state index in [0.29, 0.717) is 12.0 Å². The molecule has 4 atom stereocenters. The van der Waals surface area contributed by atoms with E-state index in [4.69, 9.17) is 4.74 Å². The number of ether oxygens (including phenoxy) is 1. The molecule has 1 heterocycles. The largest absolute Gasteiger partial charge is 0.394 e. The van der Waals surface area contributed by atoms with E-state index in [-0.39, 0.29) is 12.1 Å². The standard InChI is InChI=1S/C14H27NO2/c1-11-5-6-14(10-16,12(2)8-11)15-9-13-4-3-7-17-13/h11-13,15-16H,3-10H2,1-2H3. The Kier molecular flexibility index (Phi) is 4.45. The van der Waals surface area contributed by atoms with Crippen LogP contribution in [0.3, 0.4) is 0 Å². The molecule has 2 N–H and O–H groups in total. The van der Waals surface area contributed by atoms with Gasteiger partial charge in [0.05, 0.1) is 12.7 Å². The van der Waals surface area contributed by atoms with E-state index in [2.05, 4.69) is 19.2 Å². The highest BCUT2D eigenvalue weighted by molar-refractivity contribution is 4.97. The molecule has 4 unspecified atom stereocenters. The lowest BCUT2D eigenvalue weighted by molar-refractivity contribution is 0.0372. The van der Waals surface area contributed by atoms with Crippen LogP contribution in [0.2, 0.25) is 0 Å². The van der Waals surface area contributed by atoms with Crippen LogP contribution in [0.15, 0.2) is 0 Å². The van der Waals surface area contributed by atoms with Crippen LogP contribution in [0, 0.1) is 11.8 Å². The summed E-state index contributed by atoms with van der Waals surface area (Å²) in [5.74, 6) is 1.35. The van der Waals surface area contributed by atoms with Gasteiger partial charge in [-0.05, 0) is 43.9 Å². The van der Waals surface area contributed by atoms with Gasteiger partial charge in [-0.25, -0.2) is 0 Å². The van der Waals surface area contributed by atoms with Crippen molar-refractivity contribution in [2.24, 2.45) is 11.8 Å². The first-order valence-corrected chi connectivity index (χ1v) is 7.14. The number of hydrogen-bond donors (Lipinski definition) is 2. The quantitative estimate of drug-likeness (QED) is 0.790. The fourth-order valence-corrected chi connectivity index (χ4v) is 3.37. The number of aliphatic hydroxyl groups excluding tert-OH is 1. The number of hydrogen-bond acceptors (Lipinski definition) is 3. The Morgan fingerprint density at radius 2 is 2.18 bits per heavy atom. The zero-order valence-electron chi connectivity index (χ0n) is 11.2. The van der Waals surface area contributed by atoms with Gasteiger partial charge in [0.1, 0.15) is 0 Å². The molecule has 0 aromatic rings. The van der Waals surface area contributed by atoms with Crippen molar-refractivity contribution in [3.8, 4) is 0 Å². The molecular weight excluding hydrogens is 214 g/mol. The molecule has 1 aliphatic carbocycles. The summed E-state index contributed by atoms with van der Waals surface area (Å²) in [6, 6.07) is 0. The maximum atomic E-state index is 9.77. The van der Waals surface area contributed by atoms with E-state index in [1.54, 1.807) is 0 Å². The van der Waals surface area contributed by atoms with E-state index in [9.17, 15) is 5.11 Å². The second-order valence-corrected chi connectivity index (χ2v) is 6.11. The minimum atomic E-state index is -0.0571. The first-order chi connectivity index (χ1) is 8.16. The molecule has 1 saturated carbocycles. The molecule has 1 saturated heterocycles. The fraction of sp³-hybridized carbons (Fsp3) is 1.00. The first-order valence-electron chi connectivity index (χ1n) is 7.14. The molecule has 1 aliphatic heterocycles. The molecule has 0 spiro atoms. The van der Waals surface area contributed by atoms with Crippen LogP contribution >= 0.6 is 0 Å². The molecule has 0 aromatic carbocycles. The van der Waals surface area contributed by atoms with E-state index in [1.807, 2.05) is 0 Å². The summed E-state index contributed by atoms with van der Waals surface area (Å²) >= 11 is 0. The first kappa shape index (κ1) is 13.3. The van der Waals surface area contributed by atoms with Gasteiger partial charge in [-0.15, -0.1) is 0 Å². The van der Waals surface area contributed by atoms with Crippen LogP contribution in [0.1, 0.15) is 46.0 Å².